The Hall–Kier alpha value is -0.780. The Morgan fingerprint density at radius 2 is 2.50 bits per heavy atom. The Morgan fingerprint density at radius 1 is 1.72 bits per heavy atom. The van der Waals surface area contributed by atoms with E-state index >= 15 is 0 Å². The van der Waals surface area contributed by atoms with E-state index in [9.17, 15) is 4.79 Å². The summed E-state index contributed by atoms with van der Waals surface area (Å²) in [5, 5.41) is 2.35. The second-order valence-corrected chi connectivity index (χ2v) is 6.46. The normalized spacial score (nSPS) is 12.1. The van der Waals surface area contributed by atoms with Gasteiger partial charge in [0.2, 0.25) is 5.91 Å². The number of hydrogen-bond donors (Lipinski definition) is 1. The van der Waals surface area contributed by atoms with E-state index in [2.05, 4.69) is 6.58 Å². The molecule has 0 spiro atoms. The van der Waals surface area contributed by atoms with Crippen molar-refractivity contribution in [2.24, 2.45) is 5.73 Å². The summed E-state index contributed by atoms with van der Waals surface area (Å²) in [6.07, 6.45) is 1.77. The SMILES string of the molecule is C=CCN(Cc1cccs1)C(=O)CSC(C)CN. The van der Waals surface area contributed by atoms with Crippen molar-refractivity contribution in [3.8, 4) is 0 Å². The van der Waals surface area contributed by atoms with Crippen LogP contribution in [0.4, 0.5) is 0 Å². The van der Waals surface area contributed by atoms with E-state index < -0.39 is 0 Å². The number of hydrogen-bond acceptors (Lipinski definition) is 4. The number of nitrogens with two attached hydrogens (primary N) is 1. The highest BCUT2D eigenvalue weighted by Gasteiger charge is 2.14. The summed E-state index contributed by atoms with van der Waals surface area (Å²) in [4.78, 5) is 15.1. The van der Waals surface area contributed by atoms with Gasteiger partial charge in [-0.2, -0.15) is 0 Å². The first-order valence-corrected chi connectivity index (χ1v) is 7.83. The monoisotopic (exact) mass is 284 g/mol. The highest BCUT2D eigenvalue weighted by Crippen LogP contribution is 2.15. The van der Waals surface area contributed by atoms with Crippen molar-refractivity contribution in [2.45, 2.75) is 18.7 Å². The molecule has 0 bridgehead atoms. The number of carbonyl (C=O) groups excluding carboxylic acids is 1. The van der Waals surface area contributed by atoms with E-state index in [-0.39, 0.29) is 5.91 Å². The third-order valence-corrected chi connectivity index (χ3v) is 4.49. The fourth-order valence-electron chi connectivity index (χ4n) is 1.37. The van der Waals surface area contributed by atoms with Crippen LogP contribution in [0.25, 0.3) is 0 Å². The van der Waals surface area contributed by atoms with Crippen LogP contribution in [-0.4, -0.2) is 34.9 Å². The van der Waals surface area contributed by atoms with Gasteiger partial charge in [-0.05, 0) is 11.4 Å². The Balaban J connectivity index is 2.49. The van der Waals surface area contributed by atoms with Crippen LogP contribution in [0, 0.1) is 0 Å². The van der Waals surface area contributed by atoms with Crippen LogP contribution in [0.5, 0.6) is 0 Å². The molecular formula is C13H20N2OS2. The van der Waals surface area contributed by atoms with Crippen LogP contribution in [0.3, 0.4) is 0 Å². The van der Waals surface area contributed by atoms with Gasteiger partial charge in [-0.15, -0.1) is 29.7 Å². The zero-order valence-corrected chi connectivity index (χ0v) is 12.3. The third-order valence-electron chi connectivity index (χ3n) is 2.45. The van der Waals surface area contributed by atoms with Crippen LogP contribution in [-0.2, 0) is 11.3 Å². The average molecular weight is 284 g/mol. The summed E-state index contributed by atoms with van der Waals surface area (Å²) in [7, 11) is 0. The number of thiophene rings is 1. The molecule has 0 radical (unpaired) electrons. The second-order valence-electron chi connectivity index (χ2n) is 4.00. The van der Waals surface area contributed by atoms with E-state index in [0.29, 0.717) is 30.6 Å². The van der Waals surface area contributed by atoms with Crippen LogP contribution >= 0.6 is 23.1 Å². The Labute approximate surface area is 117 Å². The van der Waals surface area contributed by atoms with E-state index in [1.165, 1.54) is 4.88 Å². The van der Waals surface area contributed by atoms with Gasteiger partial charge in [0.15, 0.2) is 0 Å². The molecule has 1 unspecified atom stereocenters. The lowest BCUT2D eigenvalue weighted by Gasteiger charge is -2.21. The maximum Gasteiger partial charge on any atom is 0.233 e. The molecule has 1 rings (SSSR count). The van der Waals surface area contributed by atoms with Crippen LogP contribution in [0.15, 0.2) is 30.2 Å². The van der Waals surface area contributed by atoms with Crippen molar-refractivity contribution in [1.82, 2.24) is 4.90 Å². The highest BCUT2D eigenvalue weighted by molar-refractivity contribution is 8.00. The van der Waals surface area contributed by atoms with E-state index in [4.69, 9.17) is 5.73 Å². The van der Waals surface area contributed by atoms with Gasteiger partial charge in [-0.25, -0.2) is 0 Å². The van der Waals surface area contributed by atoms with Crippen molar-refractivity contribution in [3.05, 3.63) is 35.0 Å². The molecule has 1 heterocycles. The molecular weight excluding hydrogens is 264 g/mol. The molecule has 3 nitrogen and oxygen atoms in total. The topological polar surface area (TPSA) is 46.3 Å². The lowest BCUT2D eigenvalue weighted by atomic mass is 10.4. The molecule has 2 N–H and O–H groups in total. The molecule has 0 fully saturated rings. The molecule has 0 saturated carbocycles. The van der Waals surface area contributed by atoms with Crippen molar-refractivity contribution in [3.63, 3.8) is 0 Å². The van der Waals surface area contributed by atoms with Gasteiger partial charge in [0.25, 0.3) is 0 Å². The van der Waals surface area contributed by atoms with Gasteiger partial charge in [-0.3, -0.25) is 4.79 Å². The number of thioether (sulfide) groups is 1. The predicted molar refractivity (Wildman–Crippen MR) is 80.9 cm³/mol. The average Bonchev–Trinajstić information content (AvgIpc) is 2.87. The minimum absolute atomic E-state index is 0.147. The second kappa shape index (κ2) is 8.34. The lowest BCUT2D eigenvalue weighted by molar-refractivity contribution is -0.128. The van der Waals surface area contributed by atoms with Gasteiger partial charge in [-0.1, -0.05) is 19.1 Å². The summed E-state index contributed by atoms with van der Waals surface area (Å²) in [6.45, 7) is 7.60. The zero-order valence-electron chi connectivity index (χ0n) is 10.7. The number of carbonyl (C=O) groups is 1. The van der Waals surface area contributed by atoms with Crippen molar-refractivity contribution in [2.75, 3.05) is 18.8 Å². The summed E-state index contributed by atoms with van der Waals surface area (Å²) >= 11 is 3.27. The fourth-order valence-corrected chi connectivity index (χ4v) is 2.84. The fraction of sp³-hybridized carbons (Fsp3) is 0.462. The van der Waals surface area contributed by atoms with E-state index in [1.807, 2.05) is 29.3 Å². The van der Waals surface area contributed by atoms with Gasteiger partial charge >= 0.3 is 0 Å². The maximum atomic E-state index is 12.1. The van der Waals surface area contributed by atoms with Crippen LogP contribution in [0.1, 0.15) is 11.8 Å². The van der Waals surface area contributed by atoms with Crippen LogP contribution < -0.4 is 5.73 Å². The maximum absolute atomic E-state index is 12.1. The molecule has 1 aromatic heterocycles. The molecule has 100 valence electrons. The molecule has 5 heteroatoms. The predicted octanol–water partition coefficient (Wildman–Crippen LogP) is 2.34. The first kappa shape index (κ1) is 15.3. The summed E-state index contributed by atoms with van der Waals surface area (Å²) in [6, 6.07) is 4.05. The quantitative estimate of drug-likeness (QED) is 0.745. The summed E-state index contributed by atoms with van der Waals surface area (Å²) < 4.78 is 0. The van der Waals surface area contributed by atoms with E-state index in [0.717, 1.165) is 0 Å². The summed E-state index contributed by atoms with van der Waals surface area (Å²) in [5.74, 6) is 0.631. The highest BCUT2D eigenvalue weighted by atomic mass is 32.2. The Kier molecular flexibility index (Phi) is 7.08. The molecule has 1 amide bonds. The van der Waals surface area contributed by atoms with Crippen molar-refractivity contribution >= 4 is 29.0 Å². The minimum atomic E-state index is 0.147. The van der Waals surface area contributed by atoms with Crippen LogP contribution in [0.2, 0.25) is 0 Å². The number of nitrogens with zero attached hydrogens (tertiary/aromatic N) is 1. The number of amides is 1. The molecule has 18 heavy (non-hydrogen) atoms. The molecule has 0 saturated heterocycles. The molecule has 0 aliphatic heterocycles. The van der Waals surface area contributed by atoms with Gasteiger partial charge in [0, 0.05) is 23.2 Å². The van der Waals surface area contributed by atoms with Gasteiger partial charge in [0.05, 0.1) is 12.3 Å². The molecule has 1 aromatic rings. The minimum Gasteiger partial charge on any atom is -0.333 e. The lowest BCUT2D eigenvalue weighted by Crippen LogP contribution is -2.32. The largest absolute Gasteiger partial charge is 0.333 e. The zero-order chi connectivity index (χ0) is 13.4. The first-order valence-electron chi connectivity index (χ1n) is 5.90. The first-order chi connectivity index (χ1) is 8.67. The Bertz CT molecular complexity index is 365. The smallest absolute Gasteiger partial charge is 0.233 e. The summed E-state index contributed by atoms with van der Waals surface area (Å²) in [5.41, 5.74) is 5.54. The Morgan fingerprint density at radius 3 is 3.06 bits per heavy atom. The van der Waals surface area contributed by atoms with E-state index in [1.54, 1.807) is 29.2 Å². The molecule has 0 aliphatic rings. The van der Waals surface area contributed by atoms with Crippen molar-refractivity contribution < 1.29 is 4.79 Å². The molecule has 0 aromatic carbocycles. The van der Waals surface area contributed by atoms with Crippen molar-refractivity contribution in [1.29, 1.82) is 0 Å². The third kappa shape index (κ3) is 5.25. The van der Waals surface area contributed by atoms with Gasteiger partial charge < -0.3 is 10.6 Å². The standard InChI is InChI=1S/C13H20N2OS2/c1-3-6-15(9-12-5-4-7-17-12)13(16)10-18-11(2)8-14/h3-5,7,11H,1,6,8-10,14H2,2H3. The molecule has 1 atom stereocenters. The number of rotatable bonds is 8. The van der Waals surface area contributed by atoms with Gasteiger partial charge in [0.1, 0.15) is 0 Å². The molecule has 0 aliphatic carbocycles.